The molecule has 3 heterocycles. The number of urea groups is 1. The van der Waals surface area contributed by atoms with Gasteiger partial charge in [-0.25, -0.2) is 9.69 Å². The van der Waals surface area contributed by atoms with E-state index in [2.05, 4.69) is 10.3 Å². The van der Waals surface area contributed by atoms with Crippen LogP contribution in [0, 0.1) is 0 Å². The number of pyridine rings is 1. The number of imide groups is 1. The average molecular weight is 483 g/mol. The summed E-state index contributed by atoms with van der Waals surface area (Å²) >= 11 is 7.82. The number of carbonyl (C=O) groups excluding carboxylic acids is 3. The molecule has 2 unspecified atom stereocenters. The number of nitrogens with one attached hydrogen (secondary N) is 1. The Hall–Kier alpha value is -2.84. The summed E-state index contributed by atoms with van der Waals surface area (Å²) in [6.45, 7) is 0.200. The fraction of sp³-hybridized carbons (Fsp3) is 0.333. The maximum atomic E-state index is 13.6. The molecular formula is C24H23ClN4O3S. The standard InChI is InChI=1S/C24H23ClN4O3S/c1-26-21(30)8-9-28-19-11-20(17-4-2-3-5-18(17)25)33-22(19)23(31)29(24(28)32)16-10-15(12-27-13-16)14-6-7-14/h2-5,10-14,19,22H,6-9H2,1H3,(H,26,30). The fourth-order valence-electron chi connectivity index (χ4n) is 4.27. The van der Waals surface area contributed by atoms with E-state index in [-0.39, 0.29) is 24.8 Å². The van der Waals surface area contributed by atoms with Crippen molar-refractivity contribution in [3.63, 3.8) is 0 Å². The fourth-order valence-corrected chi connectivity index (χ4v) is 5.93. The number of carbonyl (C=O) groups is 3. The molecular weight excluding hydrogens is 460 g/mol. The van der Waals surface area contributed by atoms with Gasteiger partial charge >= 0.3 is 6.03 Å². The molecule has 2 fully saturated rings. The highest BCUT2D eigenvalue weighted by atomic mass is 35.5. The van der Waals surface area contributed by atoms with Crippen LogP contribution < -0.4 is 10.2 Å². The molecule has 1 aromatic heterocycles. The molecule has 2 aliphatic heterocycles. The maximum absolute atomic E-state index is 13.6. The predicted octanol–water partition coefficient (Wildman–Crippen LogP) is 4.04. The van der Waals surface area contributed by atoms with E-state index in [0.717, 1.165) is 28.9 Å². The number of anilines is 1. The lowest BCUT2D eigenvalue weighted by atomic mass is 10.0. The van der Waals surface area contributed by atoms with E-state index < -0.39 is 17.3 Å². The number of amides is 4. The van der Waals surface area contributed by atoms with Crippen molar-refractivity contribution in [1.29, 1.82) is 0 Å². The van der Waals surface area contributed by atoms with Gasteiger partial charge in [0.1, 0.15) is 5.25 Å². The monoisotopic (exact) mass is 482 g/mol. The molecule has 5 rings (SSSR count). The molecule has 170 valence electrons. The zero-order chi connectivity index (χ0) is 23.1. The predicted molar refractivity (Wildman–Crippen MR) is 129 cm³/mol. The number of thioether (sulfide) groups is 1. The van der Waals surface area contributed by atoms with Gasteiger partial charge in [0, 0.05) is 41.7 Å². The highest BCUT2D eigenvalue weighted by Gasteiger charge is 2.50. The number of halogens is 1. The first-order valence-corrected chi connectivity index (χ1v) is 12.2. The quantitative estimate of drug-likeness (QED) is 0.671. The van der Waals surface area contributed by atoms with Gasteiger partial charge in [-0.1, -0.05) is 29.8 Å². The zero-order valence-corrected chi connectivity index (χ0v) is 19.6. The smallest absolute Gasteiger partial charge is 0.332 e. The summed E-state index contributed by atoms with van der Waals surface area (Å²) in [4.78, 5) is 47.1. The summed E-state index contributed by atoms with van der Waals surface area (Å²) in [5.74, 6) is -0.000656. The van der Waals surface area contributed by atoms with Gasteiger partial charge in [0.05, 0.1) is 17.9 Å². The van der Waals surface area contributed by atoms with Crippen LogP contribution >= 0.6 is 23.4 Å². The van der Waals surface area contributed by atoms with Crippen LogP contribution in [0.5, 0.6) is 0 Å². The van der Waals surface area contributed by atoms with E-state index in [9.17, 15) is 14.4 Å². The Kier molecular flexibility index (Phi) is 5.88. The Bertz CT molecular complexity index is 1170. The Labute approximate surface area is 201 Å². The maximum Gasteiger partial charge on any atom is 0.332 e. The normalized spacial score (nSPS) is 22.3. The molecule has 1 aliphatic carbocycles. The number of benzene rings is 1. The molecule has 1 aromatic carbocycles. The summed E-state index contributed by atoms with van der Waals surface area (Å²) in [5, 5.41) is 2.66. The Morgan fingerprint density at radius 1 is 1.24 bits per heavy atom. The molecule has 1 saturated carbocycles. The van der Waals surface area contributed by atoms with E-state index in [1.54, 1.807) is 30.4 Å². The minimum atomic E-state index is -0.525. The minimum absolute atomic E-state index is 0.147. The van der Waals surface area contributed by atoms with Gasteiger partial charge in [0.15, 0.2) is 0 Å². The van der Waals surface area contributed by atoms with Crippen molar-refractivity contribution in [2.75, 3.05) is 18.5 Å². The van der Waals surface area contributed by atoms with Crippen LogP contribution in [0.4, 0.5) is 10.5 Å². The molecule has 1 saturated heterocycles. The topological polar surface area (TPSA) is 82.6 Å². The van der Waals surface area contributed by atoms with E-state index in [1.807, 2.05) is 30.3 Å². The summed E-state index contributed by atoms with van der Waals surface area (Å²) in [6.07, 6.45) is 7.61. The summed E-state index contributed by atoms with van der Waals surface area (Å²) in [5.41, 5.74) is 2.35. The minimum Gasteiger partial charge on any atom is -0.359 e. The summed E-state index contributed by atoms with van der Waals surface area (Å²) in [6, 6.07) is 8.45. The molecule has 7 nitrogen and oxygen atoms in total. The molecule has 4 amide bonds. The molecule has 3 aliphatic rings. The van der Waals surface area contributed by atoms with E-state index in [1.165, 1.54) is 16.7 Å². The second-order valence-corrected chi connectivity index (χ2v) is 9.95. The molecule has 0 bridgehead atoms. The Morgan fingerprint density at radius 3 is 2.76 bits per heavy atom. The van der Waals surface area contributed by atoms with E-state index in [0.29, 0.717) is 16.6 Å². The van der Waals surface area contributed by atoms with Crippen molar-refractivity contribution in [3.8, 4) is 0 Å². The number of rotatable bonds is 6. The zero-order valence-electron chi connectivity index (χ0n) is 18.0. The van der Waals surface area contributed by atoms with Gasteiger partial charge in [-0.2, -0.15) is 0 Å². The number of aromatic nitrogens is 1. The lowest BCUT2D eigenvalue weighted by Crippen LogP contribution is -2.62. The van der Waals surface area contributed by atoms with Crippen LogP contribution in [0.2, 0.25) is 5.02 Å². The lowest BCUT2D eigenvalue weighted by molar-refractivity contribution is -0.120. The second kappa shape index (κ2) is 8.83. The molecule has 0 radical (unpaired) electrons. The SMILES string of the molecule is CNC(=O)CCN1C(=O)N(c2cncc(C3CC3)c2)C(=O)C2SC(c3ccccc3Cl)=CC21. The average Bonchev–Trinajstić information content (AvgIpc) is 3.58. The van der Waals surface area contributed by atoms with Gasteiger partial charge in [-0.05, 0) is 42.5 Å². The van der Waals surface area contributed by atoms with Gasteiger partial charge in [0.25, 0.3) is 5.91 Å². The van der Waals surface area contributed by atoms with Crippen molar-refractivity contribution in [3.05, 3.63) is 65.0 Å². The Morgan fingerprint density at radius 2 is 2.03 bits per heavy atom. The molecule has 33 heavy (non-hydrogen) atoms. The third kappa shape index (κ3) is 4.13. The molecule has 0 spiro atoms. The first-order valence-electron chi connectivity index (χ1n) is 10.9. The van der Waals surface area contributed by atoms with Gasteiger partial charge in [-0.15, -0.1) is 11.8 Å². The van der Waals surface area contributed by atoms with Crippen LogP contribution in [0.25, 0.3) is 4.91 Å². The summed E-state index contributed by atoms with van der Waals surface area (Å²) < 4.78 is 0. The van der Waals surface area contributed by atoms with Crippen molar-refractivity contribution in [2.24, 2.45) is 0 Å². The first-order chi connectivity index (χ1) is 16.0. The largest absolute Gasteiger partial charge is 0.359 e. The van der Waals surface area contributed by atoms with Crippen LogP contribution in [0.15, 0.2) is 48.8 Å². The highest BCUT2D eigenvalue weighted by molar-refractivity contribution is 8.09. The van der Waals surface area contributed by atoms with Gasteiger partial charge < -0.3 is 10.2 Å². The van der Waals surface area contributed by atoms with Crippen molar-refractivity contribution in [2.45, 2.75) is 36.5 Å². The number of fused-ring (bicyclic) bond motifs is 1. The number of hydrogen-bond acceptors (Lipinski definition) is 5. The highest BCUT2D eigenvalue weighted by Crippen LogP contribution is 2.47. The number of nitrogens with zero attached hydrogens (tertiary/aromatic N) is 3. The van der Waals surface area contributed by atoms with Crippen molar-refractivity contribution < 1.29 is 14.4 Å². The van der Waals surface area contributed by atoms with Crippen LogP contribution in [-0.2, 0) is 9.59 Å². The molecule has 2 aromatic rings. The van der Waals surface area contributed by atoms with E-state index in [4.69, 9.17) is 11.6 Å². The second-order valence-electron chi connectivity index (χ2n) is 8.36. The summed E-state index contributed by atoms with van der Waals surface area (Å²) in [7, 11) is 1.56. The van der Waals surface area contributed by atoms with E-state index >= 15 is 0 Å². The molecule has 2 atom stereocenters. The van der Waals surface area contributed by atoms with Gasteiger partial charge in [-0.3, -0.25) is 14.6 Å². The lowest BCUT2D eigenvalue weighted by Gasteiger charge is -2.41. The first kappa shape index (κ1) is 22.0. The van der Waals surface area contributed by atoms with Crippen LogP contribution in [0.1, 0.15) is 36.3 Å². The van der Waals surface area contributed by atoms with Crippen molar-refractivity contribution in [1.82, 2.24) is 15.2 Å². The molecule has 1 N–H and O–H groups in total. The van der Waals surface area contributed by atoms with Crippen LogP contribution in [0.3, 0.4) is 0 Å². The number of hydrogen-bond donors (Lipinski definition) is 1. The third-order valence-electron chi connectivity index (χ3n) is 6.20. The van der Waals surface area contributed by atoms with Crippen molar-refractivity contribution >= 4 is 51.8 Å². The molecule has 9 heteroatoms. The van der Waals surface area contributed by atoms with Gasteiger partial charge in [0.2, 0.25) is 5.91 Å². The Balaban J connectivity index is 1.51. The third-order valence-corrected chi connectivity index (χ3v) is 7.87. The van der Waals surface area contributed by atoms with Crippen LogP contribution in [-0.4, -0.2) is 52.6 Å².